The monoisotopic (exact) mass is 215 g/mol. The normalized spacial score (nSPS) is 12.7. The van der Waals surface area contributed by atoms with Crippen LogP contribution in [-0.4, -0.2) is 13.7 Å². The highest BCUT2D eigenvalue weighted by molar-refractivity contribution is 5.84. The maximum Gasteiger partial charge on any atom is 0.119 e. The van der Waals surface area contributed by atoms with E-state index >= 15 is 0 Å². The van der Waals surface area contributed by atoms with Gasteiger partial charge in [-0.3, -0.25) is 0 Å². The van der Waals surface area contributed by atoms with Crippen LogP contribution in [0.5, 0.6) is 5.75 Å². The van der Waals surface area contributed by atoms with Crippen molar-refractivity contribution in [2.45, 2.75) is 12.8 Å². The zero-order valence-electron chi connectivity index (χ0n) is 9.73. The molecule has 0 aromatic heterocycles. The number of hydrogen-bond acceptors (Lipinski definition) is 2. The third-order valence-corrected chi connectivity index (χ3v) is 2.99. The quantitative estimate of drug-likeness (QED) is 0.854. The lowest BCUT2D eigenvalue weighted by Gasteiger charge is -2.10. The fourth-order valence-electron chi connectivity index (χ4n) is 1.81. The van der Waals surface area contributed by atoms with Crippen molar-refractivity contribution < 1.29 is 4.74 Å². The van der Waals surface area contributed by atoms with Crippen LogP contribution >= 0.6 is 0 Å². The van der Waals surface area contributed by atoms with Gasteiger partial charge in [0, 0.05) is 0 Å². The molecule has 2 rings (SSSR count). The smallest absolute Gasteiger partial charge is 0.119 e. The fraction of sp³-hybridized carbons (Fsp3) is 0.286. The van der Waals surface area contributed by atoms with E-state index in [0.717, 1.165) is 5.75 Å². The van der Waals surface area contributed by atoms with Gasteiger partial charge in [-0.15, -0.1) is 0 Å². The van der Waals surface area contributed by atoms with Crippen molar-refractivity contribution in [1.29, 1.82) is 0 Å². The van der Waals surface area contributed by atoms with E-state index in [2.05, 4.69) is 31.2 Å². The summed E-state index contributed by atoms with van der Waals surface area (Å²) in [6.45, 7) is 2.83. The molecule has 84 valence electrons. The van der Waals surface area contributed by atoms with Crippen molar-refractivity contribution in [3.05, 3.63) is 42.0 Å². The molecule has 0 aliphatic carbocycles. The number of ether oxygens (including phenoxy) is 1. The van der Waals surface area contributed by atoms with Gasteiger partial charge in [0.25, 0.3) is 0 Å². The van der Waals surface area contributed by atoms with Gasteiger partial charge >= 0.3 is 0 Å². The van der Waals surface area contributed by atoms with E-state index in [0.29, 0.717) is 12.5 Å². The molecule has 0 saturated heterocycles. The van der Waals surface area contributed by atoms with Gasteiger partial charge in [0.2, 0.25) is 0 Å². The SMILES string of the molecule is COc1ccc2cc([C@H](C)CN)ccc2c1. The van der Waals surface area contributed by atoms with Crippen molar-refractivity contribution in [2.75, 3.05) is 13.7 Å². The number of fused-ring (bicyclic) bond motifs is 1. The summed E-state index contributed by atoms with van der Waals surface area (Å²) in [7, 11) is 1.69. The molecule has 0 aliphatic rings. The maximum absolute atomic E-state index is 5.67. The number of methoxy groups -OCH3 is 1. The second-order valence-corrected chi connectivity index (χ2v) is 4.11. The van der Waals surface area contributed by atoms with Gasteiger partial charge in [-0.2, -0.15) is 0 Å². The standard InChI is InChI=1S/C14H17NO/c1-10(9-15)11-3-4-13-8-14(16-2)6-5-12(13)7-11/h3-8,10H,9,15H2,1-2H3/t10-/m1/s1. The molecule has 0 heterocycles. The molecule has 1 atom stereocenters. The van der Waals surface area contributed by atoms with Gasteiger partial charge in [0.15, 0.2) is 0 Å². The molecule has 2 heteroatoms. The van der Waals surface area contributed by atoms with Crippen LogP contribution in [0, 0.1) is 0 Å². The lowest BCUT2D eigenvalue weighted by molar-refractivity contribution is 0.415. The largest absolute Gasteiger partial charge is 0.497 e. The van der Waals surface area contributed by atoms with Gasteiger partial charge in [-0.25, -0.2) is 0 Å². The highest BCUT2D eigenvalue weighted by Gasteiger charge is 2.04. The van der Waals surface area contributed by atoms with E-state index in [-0.39, 0.29) is 0 Å². The second kappa shape index (κ2) is 4.54. The highest BCUT2D eigenvalue weighted by Crippen LogP contribution is 2.24. The summed E-state index contributed by atoms with van der Waals surface area (Å²) in [6, 6.07) is 12.6. The summed E-state index contributed by atoms with van der Waals surface area (Å²) >= 11 is 0. The summed E-state index contributed by atoms with van der Waals surface area (Å²) in [5.41, 5.74) is 6.97. The Balaban J connectivity index is 2.47. The number of rotatable bonds is 3. The van der Waals surface area contributed by atoms with Gasteiger partial charge in [0.1, 0.15) is 5.75 Å². The Morgan fingerprint density at radius 1 is 1.12 bits per heavy atom. The molecule has 2 nitrogen and oxygen atoms in total. The Morgan fingerprint density at radius 3 is 2.50 bits per heavy atom. The molecule has 16 heavy (non-hydrogen) atoms. The molecule has 0 unspecified atom stereocenters. The Hall–Kier alpha value is -1.54. The van der Waals surface area contributed by atoms with Crippen LogP contribution in [0.15, 0.2) is 36.4 Å². The van der Waals surface area contributed by atoms with Crippen molar-refractivity contribution >= 4 is 10.8 Å². The number of benzene rings is 2. The highest BCUT2D eigenvalue weighted by atomic mass is 16.5. The van der Waals surface area contributed by atoms with E-state index in [1.165, 1.54) is 16.3 Å². The second-order valence-electron chi connectivity index (χ2n) is 4.11. The molecule has 0 spiro atoms. The summed E-state index contributed by atoms with van der Waals surface area (Å²) in [5, 5.41) is 2.44. The van der Waals surface area contributed by atoms with Crippen LogP contribution in [0.2, 0.25) is 0 Å². The maximum atomic E-state index is 5.67. The molecule has 0 saturated carbocycles. The minimum atomic E-state index is 0.409. The topological polar surface area (TPSA) is 35.2 Å². The number of hydrogen-bond donors (Lipinski definition) is 1. The molecule has 0 fully saturated rings. The first-order chi connectivity index (χ1) is 7.74. The summed E-state index contributed by atoms with van der Waals surface area (Å²) in [6.07, 6.45) is 0. The predicted octanol–water partition coefficient (Wildman–Crippen LogP) is 2.91. The number of nitrogens with two attached hydrogens (primary N) is 1. The summed E-state index contributed by atoms with van der Waals surface area (Å²) in [5.74, 6) is 1.30. The van der Waals surface area contributed by atoms with E-state index < -0.39 is 0 Å². The lowest BCUT2D eigenvalue weighted by Crippen LogP contribution is -2.08. The van der Waals surface area contributed by atoms with E-state index in [1.807, 2.05) is 12.1 Å². The molecule has 2 aromatic rings. The minimum absolute atomic E-state index is 0.409. The Kier molecular flexibility index (Phi) is 3.11. The minimum Gasteiger partial charge on any atom is -0.497 e. The first-order valence-corrected chi connectivity index (χ1v) is 5.52. The van der Waals surface area contributed by atoms with E-state index in [9.17, 15) is 0 Å². The first kappa shape index (κ1) is 11.0. The van der Waals surface area contributed by atoms with Crippen molar-refractivity contribution in [2.24, 2.45) is 5.73 Å². The zero-order chi connectivity index (χ0) is 11.5. The predicted molar refractivity (Wildman–Crippen MR) is 68.0 cm³/mol. The third kappa shape index (κ3) is 2.02. The van der Waals surface area contributed by atoms with Gasteiger partial charge in [-0.05, 0) is 40.9 Å². The molecule has 0 aliphatic heterocycles. The van der Waals surface area contributed by atoms with Crippen LogP contribution in [0.4, 0.5) is 0 Å². The summed E-state index contributed by atoms with van der Waals surface area (Å²) < 4.78 is 5.20. The van der Waals surface area contributed by atoms with E-state index in [4.69, 9.17) is 10.5 Å². The Morgan fingerprint density at radius 2 is 1.81 bits per heavy atom. The lowest BCUT2D eigenvalue weighted by atomic mass is 9.98. The van der Waals surface area contributed by atoms with Crippen molar-refractivity contribution in [3.63, 3.8) is 0 Å². The van der Waals surface area contributed by atoms with Crippen LogP contribution in [-0.2, 0) is 0 Å². The molecular weight excluding hydrogens is 198 g/mol. The molecule has 0 radical (unpaired) electrons. The van der Waals surface area contributed by atoms with Crippen LogP contribution in [0.25, 0.3) is 10.8 Å². The van der Waals surface area contributed by atoms with Crippen LogP contribution < -0.4 is 10.5 Å². The average molecular weight is 215 g/mol. The summed E-state index contributed by atoms with van der Waals surface area (Å²) in [4.78, 5) is 0. The molecule has 0 amide bonds. The van der Waals surface area contributed by atoms with Crippen molar-refractivity contribution in [3.8, 4) is 5.75 Å². The van der Waals surface area contributed by atoms with E-state index in [1.54, 1.807) is 7.11 Å². The average Bonchev–Trinajstić information content (AvgIpc) is 2.36. The van der Waals surface area contributed by atoms with Gasteiger partial charge in [-0.1, -0.05) is 31.2 Å². The fourth-order valence-corrected chi connectivity index (χ4v) is 1.81. The zero-order valence-corrected chi connectivity index (χ0v) is 9.73. The molecule has 2 N–H and O–H groups in total. The van der Waals surface area contributed by atoms with Crippen LogP contribution in [0.3, 0.4) is 0 Å². The van der Waals surface area contributed by atoms with Gasteiger partial charge in [0.05, 0.1) is 7.11 Å². The van der Waals surface area contributed by atoms with Crippen molar-refractivity contribution in [1.82, 2.24) is 0 Å². The molecule has 0 bridgehead atoms. The van der Waals surface area contributed by atoms with Gasteiger partial charge < -0.3 is 10.5 Å². The third-order valence-electron chi connectivity index (χ3n) is 2.99. The molecular formula is C14H17NO. The van der Waals surface area contributed by atoms with Crippen LogP contribution in [0.1, 0.15) is 18.4 Å². The first-order valence-electron chi connectivity index (χ1n) is 5.52. The molecule has 2 aromatic carbocycles. The Bertz CT molecular complexity index is 493. The Labute approximate surface area is 96.0 Å².